The highest BCUT2D eigenvalue weighted by Crippen LogP contribution is 2.35. The van der Waals surface area contributed by atoms with Gasteiger partial charge in [0.15, 0.2) is 0 Å². The summed E-state index contributed by atoms with van der Waals surface area (Å²) in [6, 6.07) is 6.11. The van der Waals surface area contributed by atoms with Crippen molar-refractivity contribution >= 4 is 5.91 Å². The molecule has 0 spiro atoms. The second-order valence-corrected chi connectivity index (χ2v) is 6.54. The minimum absolute atomic E-state index is 0.118. The van der Waals surface area contributed by atoms with Crippen LogP contribution in [-0.2, 0) is 14.9 Å². The standard InChI is InChI=1S/C17H23FN2O3/c18-14-3-1-13(2-4-14)17(6-9-23-10-7-17)15(21)20-12-16(22)5-8-19-11-16/h1-4,19,22H,5-12H2,(H,20,21)/t16-/m1/s1. The van der Waals surface area contributed by atoms with Crippen LogP contribution in [0.15, 0.2) is 24.3 Å². The molecule has 2 fully saturated rings. The van der Waals surface area contributed by atoms with Crippen molar-refractivity contribution in [3.8, 4) is 0 Å². The molecule has 5 nitrogen and oxygen atoms in total. The first-order valence-corrected chi connectivity index (χ1v) is 8.09. The quantitative estimate of drug-likeness (QED) is 0.764. The Hall–Kier alpha value is -1.50. The Kier molecular flexibility index (Phi) is 4.66. The molecule has 0 unspecified atom stereocenters. The lowest BCUT2D eigenvalue weighted by atomic mass is 9.73. The average molecular weight is 322 g/mol. The van der Waals surface area contributed by atoms with Gasteiger partial charge in [-0.25, -0.2) is 4.39 Å². The molecule has 2 aliphatic rings. The molecule has 0 aromatic heterocycles. The Morgan fingerprint density at radius 3 is 2.57 bits per heavy atom. The summed E-state index contributed by atoms with van der Waals surface area (Å²) in [6.45, 7) is 2.46. The fourth-order valence-electron chi connectivity index (χ4n) is 3.43. The largest absolute Gasteiger partial charge is 0.387 e. The summed E-state index contributed by atoms with van der Waals surface area (Å²) in [6.07, 6.45) is 1.74. The maximum absolute atomic E-state index is 13.2. The third kappa shape index (κ3) is 3.39. The molecule has 0 radical (unpaired) electrons. The molecule has 2 heterocycles. The number of halogens is 1. The van der Waals surface area contributed by atoms with Crippen LogP contribution in [0.4, 0.5) is 4.39 Å². The van der Waals surface area contributed by atoms with Gasteiger partial charge in [0.1, 0.15) is 5.82 Å². The zero-order valence-electron chi connectivity index (χ0n) is 13.1. The second kappa shape index (κ2) is 6.55. The van der Waals surface area contributed by atoms with Crippen LogP contribution < -0.4 is 10.6 Å². The number of rotatable bonds is 4. The number of ether oxygens (including phenoxy) is 1. The van der Waals surface area contributed by atoms with Gasteiger partial charge in [-0.1, -0.05) is 12.1 Å². The molecule has 0 saturated carbocycles. The molecule has 126 valence electrons. The normalized spacial score (nSPS) is 26.9. The Labute approximate surface area is 135 Å². The van der Waals surface area contributed by atoms with Gasteiger partial charge in [0.05, 0.1) is 11.0 Å². The van der Waals surface area contributed by atoms with Crippen LogP contribution in [0.1, 0.15) is 24.8 Å². The van der Waals surface area contributed by atoms with Crippen molar-refractivity contribution in [2.45, 2.75) is 30.3 Å². The Bertz CT molecular complexity index is 549. The van der Waals surface area contributed by atoms with Crippen molar-refractivity contribution in [3.63, 3.8) is 0 Å². The van der Waals surface area contributed by atoms with E-state index in [2.05, 4.69) is 10.6 Å². The maximum atomic E-state index is 13.2. The Morgan fingerprint density at radius 2 is 1.96 bits per heavy atom. The van der Waals surface area contributed by atoms with Gasteiger partial charge in [-0.3, -0.25) is 4.79 Å². The molecular weight excluding hydrogens is 299 g/mol. The van der Waals surface area contributed by atoms with Gasteiger partial charge in [0.2, 0.25) is 5.91 Å². The van der Waals surface area contributed by atoms with E-state index in [1.54, 1.807) is 12.1 Å². The zero-order valence-corrected chi connectivity index (χ0v) is 13.1. The van der Waals surface area contributed by atoms with Gasteiger partial charge in [-0.05, 0) is 43.5 Å². The van der Waals surface area contributed by atoms with Crippen LogP contribution in [0.2, 0.25) is 0 Å². The van der Waals surface area contributed by atoms with Gasteiger partial charge in [-0.15, -0.1) is 0 Å². The molecule has 2 saturated heterocycles. The minimum atomic E-state index is -0.884. The number of aliphatic hydroxyl groups is 1. The average Bonchev–Trinajstić information content (AvgIpc) is 3.01. The van der Waals surface area contributed by atoms with Crippen molar-refractivity contribution in [1.82, 2.24) is 10.6 Å². The molecule has 1 amide bonds. The van der Waals surface area contributed by atoms with Crippen molar-refractivity contribution in [1.29, 1.82) is 0 Å². The Balaban J connectivity index is 1.77. The molecule has 23 heavy (non-hydrogen) atoms. The smallest absolute Gasteiger partial charge is 0.230 e. The molecule has 6 heteroatoms. The van der Waals surface area contributed by atoms with E-state index in [1.165, 1.54) is 12.1 Å². The molecule has 1 atom stereocenters. The molecule has 1 aromatic carbocycles. The summed E-state index contributed by atoms with van der Waals surface area (Å²) >= 11 is 0. The summed E-state index contributed by atoms with van der Waals surface area (Å²) in [5.74, 6) is -0.435. The van der Waals surface area contributed by atoms with Crippen molar-refractivity contribution < 1.29 is 19.0 Å². The maximum Gasteiger partial charge on any atom is 0.230 e. The van der Waals surface area contributed by atoms with E-state index in [4.69, 9.17) is 4.74 Å². The summed E-state index contributed by atoms with van der Waals surface area (Å²) in [4.78, 5) is 12.9. The predicted molar refractivity (Wildman–Crippen MR) is 83.6 cm³/mol. The van der Waals surface area contributed by atoms with Crippen molar-refractivity contribution in [3.05, 3.63) is 35.6 Å². The first kappa shape index (κ1) is 16.4. The van der Waals surface area contributed by atoms with Crippen LogP contribution in [0.3, 0.4) is 0 Å². The summed E-state index contributed by atoms with van der Waals surface area (Å²) in [5, 5.41) is 16.4. The lowest BCUT2D eigenvalue weighted by Crippen LogP contribution is -2.52. The van der Waals surface area contributed by atoms with E-state index in [0.717, 1.165) is 12.1 Å². The SMILES string of the molecule is O=C(NC[C@@]1(O)CCNC1)C1(c2ccc(F)cc2)CCOCC1. The van der Waals surface area contributed by atoms with Gasteiger partial charge >= 0.3 is 0 Å². The molecule has 1 aromatic rings. The highest BCUT2D eigenvalue weighted by Gasteiger charge is 2.42. The van der Waals surface area contributed by atoms with Gasteiger partial charge in [0, 0.05) is 26.3 Å². The van der Waals surface area contributed by atoms with Crippen LogP contribution >= 0.6 is 0 Å². The van der Waals surface area contributed by atoms with Crippen LogP contribution in [0, 0.1) is 5.82 Å². The fraction of sp³-hybridized carbons (Fsp3) is 0.588. The van der Waals surface area contributed by atoms with E-state index >= 15 is 0 Å². The van der Waals surface area contributed by atoms with Gasteiger partial charge < -0.3 is 20.5 Å². The van der Waals surface area contributed by atoms with Crippen LogP contribution in [0.25, 0.3) is 0 Å². The van der Waals surface area contributed by atoms with Crippen LogP contribution in [-0.4, -0.2) is 49.5 Å². The number of β-amino-alcohol motifs (C(OH)–C–C–N with tert-alkyl or cyclic N) is 1. The van der Waals surface area contributed by atoms with E-state index in [1.807, 2.05) is 0 Å². The summed E-state index contributed by atoms with van der Waals surface area (Å²) in [5.41, 5.74) is -0.796. The topological polar surface area (TPSA) is 70.6 Å². The number of amides is 1. The highest BCUT2D eigenvalue weighted by molar-refractivity contribution is 5.88. The van der Waals surface area contributed by atoms with Crippen molar-refractivity contribution in [2.24, 2.45) is 0 Å². The third-order valence-corrected chi connectivity index (χ3v) is 4.98. The zero-order chi connectivity index (χ0) is 16.3. The number of carbonyl (C=O) groups is 1. The number of carbonyl (C=O) groups excluding carboxylic acids is 1. The number of hydrogen-bond donors (Lipinski definition) is 3. The molecule has 2 aliphatic heterocycles. The lowest BCUT2D eigenvalue weighted by Gasteiger charge is -2.37. The Morgan fingerprint density at radius 1 is 1.26 bits per heavy atom. The van der Waals surface area contributed by atoms with E-state index in [9.17, 15) is 14.3 Å². The first-order valence-electron chi connectivity index (χ1n) is 8.09. The molecule has 0 bridgehead atoms. The third-order valence-electron chi connectivity index (χ3n) is 4.98. The van der Waals surface area contributed by atoms with Crippen LogP contribution in [0.5, 0.6) is 0 Å². The van der Waals surface area contributed by atoms with E-state index < -0.39 is 11.0 Å². The summed E-state index contributed by atoms with van der Waals surface area (Å²) < 4.78 is 18.6. The van der Waals surface area contributed by atoms with E-state index in [0.29, 0.717) is 39.0 Å². The van der Waals surface area contributed by atoms with Gasteiger partial charge in [-0.2, -0.15) is 0 Å². The van der Waals surface area contributed by atoms with Gasteiger partial charge in [0.25, 0.3) is 0 Å². The first-order chi connectivity index (χ1) is 11.0. The number of benzene rings is 1. The molecule has 3 rings (SSSR count). The number of nitrogens with one attached hydrogen (secondary N) is 2. The van der Waals surface area contributed by atoms with Crippen molar-refractivity contribution in [2.75, 3.05) is 32.8 Å². The van der Waals surface area contributed by atoms with E-state index in [-0.39, 0.29) is 18.3 Å². The molecule has 0 aliphatic carbocycles. The predicted octanol–water partition coefficient (Wildman–Crippen LogP) is 0.714. The molecule has 3 N–H and O–H groups in total. The lowest BCUT2D eigenvalue weighted by molar-refractivity contribution is -0.131. The second-order valence-electron chi connectivity index (χ2n) is 6.54. The highest BCUT2D eigenvalue weighted by atomic mass is 19.1. The molecular formula is C17H23FN2O3. The summed E-state index contributed by atoms with van der Waals surface area (Å²) in [7, 11) is 0. The number of hydrogen-bond acceptors (Lipinski definition) is 4. The monoisotopic (exact) mass is 322 g/mol. The fourth-order valence-corrected chi connectivity index (χ4v) is 3.43. The minimum Gasteiger partial charge on any atom is -0.387 e.